The van der Waals surface area contributed by atoms with Gasteiger partial charge in [-0.25, -0.2) is 0 Å². The van der Waals surface area contributed by atoms with Gasteiger partial charge in [-0.15, -0.1) is 0 Å². The summed E-state index contributed by atoms with van der Waals surface area (Å²) in [4.78, 5) is 4.18. The minimum atomic E-state index is -0.292. The van der Waals surface area contributed by atoms with E-state index in [-0.39, 0.29) is 6.04 Å². The second kappa shape index (κ2) is 5.72. The minimum absolute atomic E-state index is 0.292. The van der Waals surface area contributed by atoms with Crippen molar-refractivity contribution < 1.29 is 9.26 Å². The first-order chi connectivity index (χ1) is 6.77. The van der Waals surface area contributed by atoms with Crippen LogP contribution in [0.2, 0.25) is 0 Å². The SMILES string of the molecule is CCCCc1nc(C(N)COC)no1. The Morgan fingerprint density at radius 3 is 3.00 bits per heavy atom. The van der Waals surface area contributed by atoms with Crippen molar-refractivity contribution in [3.05, 3.63) is 11.7 Å². The fourth-order valence-electron chi connectivity index (χ4n) is 1.10. The van der Waals surface area contributed by atoms with Crippen molar-refractivity contribution in [3.8, 4) is 0 Å². The maximum absolute atomic E-state index is 5.74. The summed E-state index contributed by atoms with van der Waals surface area (Å²) in [5.74, 6) is 1.19. The van der Waals surface area contributed by atoms with E-state index in [2.05, 4.69) is 17.1 Å². The van der Waals surface area contributed by atoms with Gasteiger partial charge in [0, 0.05) is 13.5 Å². The van der Waals surface area contributed by atoms with Gasteiger partial charge in [0.05, 0.1) is 12.6 Å². The van der Waals surface area contributed by atoms with Crippen LogP contribution in [0.4, 0.5) is 0 Å². The number of hydrogen-bond donors (Lipinski definition) is 1. The molecule has 1 rings (SSSR count). The van der Waals surface area contributed by atoms with Gasteiger partial charge < -0.3 is 15.0 Å². The van der Waals surface area contributed by atoms with Crippen molar-refractivity contribution in [2.45, 2.75) is 32.2 Å². The third kappa shape index (κ3) is 3.08. The Balaban J connectivity index is 2.49. The average Bonchev–Trinajstić information content (AvgIpc) is 2.63. The molecule has 0 aliphatic carbocycles. The lowest BCUT2D eigenvalue weighted by Gasteiger charge is -2.03. The molecule has 0 saturated carbocycles. The summed E-state index contributed by atoms with van der Waals surface area (Å²) in [6.45, 7) is 2.53. The molecule has 0 fully saturated rings. The number of methoxy groups -OCH3 is 1. The Morgan fingerprint density at radius 1 is 1.57 bits per heavy atom. The van der Waals surface area contributed by atoms with E-state index in [1.165, 1.54) is 0 Å². The monoisotopic (exact) mass is 199 g/mol. The number of nitrogens with two attached hydrogens (primary N) is 1. The van der Waals surface area contributed by atoms with Gasteiger partial charge in [-0.05, 0) is 6.42 Å². The van der Waals surface area contributed by atoms with Crippen LogP contribution in [-0.2, 0) is 11.2 Å². The van der Waals surface area contributed by atoms with Gasteiger partial charge in [0.15, 0.2) is 5.82 Å². The highest BCUT2D eigenvalue weighted by atomic mass is 16.5. The van der Waals surface area contributed by atoms with Crippen molar-refractivity contribution in [1.82, 2.24) is 10.1 Å². The first-order valence-electron chi connectivity index (χ1n) is 4.85. The second-order valence-corrected chi connectivity index (χ2v) is 3.21. The number of nitrogens with zero attached hydrogens (tertiary/aromatic N) is 2. The molecular weight excluding hydrogens is 182 g/mol. The smallest absolute Gasteiger partial charge is 0.226 e. The van der Waals surface area contributed by atoms with Gasteiger partial charge in [-0.1, -0.05) is 18.5 Å². The molecule has 1 aromatic heterocycles. The molecule has 1 atom stereocenters. The van der Waals surface area contributed by atoms with E-state index >= 15 is 0 Å². The molecule has 1 aromatic rings. The standard InChI is InChI=1S/C9H17N3O2/c1-3-4-5-8-11-9(12-14-8)7(10)6-13-2/h7H,3-6,10H2,1-2H3. The highest BCUT2D eigenvalue weighted by molar-refractivity contribution is 4.92. The highest BCUT2D eigenvalue weighted by Gasteiger charge is 2.13. The molecule has 0 bridgehead atoms. The highest BCUT2D eigenvalue weighted by Crippen LogP contribution is 2.08. The number of aryl methyl sites for hydroxylation is 1. The minimum Gasteiger partial charge on any atom is -0.383 e. The Morgan fingerprint density at radius 2 is 2.36 bits per heavy atom. The van der Waals surface area contributed by atoms with Crippen molar-refractivity contribution >= 4 is 0 Å². The molecular formula is C9H17N3O2. The largest absolute Gasteiger partial charge is 0.383 e. The summed E-state index contributed by atoms with van der Waals surface area (Å²) in [7, 11) is 1.60. The van der Waals surface area contributed by atoms with Crippen LogP contribution in [0.25, 0.3) is 0 Å². The van der Waals surface area contributed by atoms with Gasteiger partial charge in [0.2, 0.25) is 5.89 Å². The molecule has 0 aromatic carbocycles. The summed E-state index contributed by atoms with van der Waals surface area (Å²) in [6, 6.07) is -0.292. The van der Waals surface area contributed by atoms with E-state index in [1.54, 1.807) is 7.11 Å². The molecule has 5 heteroatoms. The van der Waals surface area contributed by atoms with Crippen LogP contribution in [0.1, 0.15) is 37.5 Å². The maximum atomic E-state index is 5.74. The van der Waals surface area contributed by atoms with Crippen LogP contribution in [-0.4, -0.2) is 23.9 Å². The number of rotatable bonds is 6. The lowest BCUT2D eigenvalue weighted by Crippen LogP contribution is -2.17. The molecule has 80 valence electrons. The van der Waals surface area contributed by atoms with Crippen LogP contribution in [0.15, 0.2) is 4.52 Å². The molecule has 0 aliphatic rings. The number of ether oxygens (including phenoxy) is 1. The van der Waals surface area contributed by atoms with E-state index in [0.717, 1.165) is 19.3 Å². The van der Waals surface area contributed by atoms with Crippen molar-refractivity contribution in [1.29, 1.82) is 0 Å². The van der Waals surface area contributed by atoms with E-state index in [9.17, 15) is 0 Å². The lowest BCUT2D eigenvalue weighted by atomic mass is 10.2. The van der Waals surface area contributed by atoms with Crippen LogP contribution in [0.3, 0.4) is 0 Å². The number of unbranched alkanes of at least 4 members (excludes halogenated alkanes) is 1. The van der Waals surface area contributed by atoms with E-state index in [4.69, 9.17) is 15.0 Å². The molecule has 0 aliphatic heterocycles. The van der Waals surface area contributed by atoms with Gasteiger partial charge in [0.25, 0.3) is 0 Å². The van der Waals surface area contributed by atoms with Crippen molar-refractivity contribution in [3.63, 3.8) is 0 Å². The summed E-state index contributed by atoms with van der Waals surface area (Å²) < 4.78 is 9.94. The summed E-state index contributed by atoms with van der Waals surface area (Å²) in [5, 5.41) is 3.80. The molecule has 14 heavy (non-hydrogen) atoms. The van der Waals surface area contributed by atoms with Gasteiger partial charge in [-0.3, -0.25) is 0 Å². The molecule has 0 amide bonds. The Bertz CT molecular complexity index is 262. The van der Waals surface area contributed by atoms with Crippen LogP contribution in [0, 0.1) is 0 Å². The quantitative estimate of drug-likeness (QED) is 0.741. The summed E-state index contributed by atoms with van der Waals surface area (Å²) in [5.41, 5.74) is 5.74. The third-order valence-electron chi connectivity index (χ3n) is 1.91. The maximum Gasteiger partial charge on any atom is 0.226 e. The summed E-state index contributed by atoms with van der Waals surface area (Å²) >= 11 is 0. The second-order valence-electron chi connectivity index (χ2n) is 3.21. The fraction of sp³-hybridized carbons (Fsp3) is 0.778. The molecule has 0 radical (unpaired) electrons. The Labute approximate surface area is 83.6 Å². The topological polar surface area (TPSA) is 74.2 Å². The predicted molar refractivity (Wildman–Crippen MR) is 51.7 cm³/mol. The molecule has 2 N–H and O–H groups in total. The third-order valence-corrected chi connectivity index (χ3v) is 1.91. The molecule has 0 spiro atoms. The fourth-order valence-corrected chi connectivity index (χ4v) is 1.10. The van der Waals surface area contributed by atoms with Crippen LogP contribution < -0.4 is 5.73 Å². The average molecular weight is 199 g/mol. The molecule has 1 heterocycles. The zero-order valence-corrected chi connectivity index (χ0v) is 8.69. The summed E-state index contributed by atoms with van der Waals surface area (Å²) in [6.07, 6.45) is 2.99. The lowest BCUT2D eigenvalue weighted by molar-refractivity contribution is 0.177. The van der Waals surface area contributed by atoms with Crippen molar-refractivity contribution in [2.75, 3.05) is 13.7 Å². The van der Waals surface area contributed by atoms with Gasteiger partial charge in [-0.2, -0.15) is 4.98 Å². The number of hydrogen-bond acceptors (Lipinski definition) is 5. The molecule has 1 unspecified atom stereocenters. The van der Waals surface area contributed by atoms with Crippen molar-refractivity contribution in [2.24, 2.45) is 5.73 Å². The number of aromatic nitrogens is 2. The van der Waals surface area contributed by atoms with Crippen LogP contribution in [0.5, 0.6) is 0 Å². The predicted octanol–water partition coefficient (Wildman–Crippen LogP) is 1.06. The Kier molecular flexibility index (Phi) is 4.55. The van der Waals surface area contributed by atoms with E-state index in [1.807, 2.05) is 0 Å². The first kappa shape index (κ1) is 11.1. The normalized spacial score (nSPS) is 13.1. The molecule has 0 saturated heterocycles. The molecule has 5 nitrogen and oxygen atoms in total. The van der Waals surface area contributed by atoms with Gasteiger partial charge >= 0.3 is 0 Å². The zero-order valence-electron chi connectivity index (χ0n) is 8.69. The Hall–Kier alpha value is -0.940. The zero-order chi connectivity index (χ0) is 10.4. The van der Waals surface area contributed by atoms with E-state index in [0.29, 0.717) is 18.3 Å². The van der Waals surface area contributed by atoms with Crippen LogP contribution >= 0.6 is 0 Å². The first-order valence-corrected chi connectivity index (χ1v) is 4.85. The van der Waals surface area contributed by atoms with Gasteiger partial charge in [0.1, 0.15) is 0 Å². The van der Waals surface area contributed by atoms with E-state index < -0.39 is 0 Å².